The maximum Gasteiger partial charge on any atom is 0.137 e. The summed E-state index contributed by atoms with van der Waals surface area (Å²) in [5.41, 5.74) is 7.01. The molecule has 0 aliphatic carbocycles. The SMILES string of the molecule is N[C@@H](COc1ccccc1Cl)c1ccc(Cl)cc1. The summed E-state index contributed by atoms with van der Waals surface area (Å²) in [7, 11) is 0. The highest BCUT2D eigenvalue weighted by atomic mass is 35.5. The minimum Gasteiger partial charge on any atom is -0.490 e. The van der Waals surface area contributed by atoms with Crippen molar-refractivity contribution in [2.75, 3.05) is 6.61 Å². The molecule has 0 aliphatic rings. The van der Waals surface area contributed by atoms with Crippen molar-refractivity contribution in [3.05, 3.63) is 64.1 Å². The molecule has 2 rings (SSSR count). The van der Waals surface area contributed by atoms with E-state index in [9.17, 15) is 0 Å². The van der Waals surface area contributed by atoms with E-state index in [1.807, 2.05) is 42.5 Å². The summed E-state index contributed by atoms with van der Waals surface area (Å²) in [5, 5.41) is 1.28. The standard InChI is InChI=1S/C14H13Cl2NO/c15-11-7-5-10(6-8-11)13(17)9-18-14-4-2-1-3-12(14)16/h1-8,13H,9,17H2/t13-/m0/s1. The highest BCUT2D eigenvalue weighted by Crippen LogP contribution is 2.24. The second-order valence-corrected chi connectivity index (χ2v) is 4.74. The fourth-order valence-corrected chi connectivity index (χ4v) is 1.86. The summed E-state index contributed by atoms with van der Waals surface area (Å²) in [6.07, 6.45) is 0. The third-order valence-electron chi connectivity index (χ3n) is 2.55. The first kappa shape index (κ1) is 13.2. The van der Waals surface area contributed by atoms with Crippen LogP contribution < -0.4 is 10.5 Å². The van der Waals surface area contributed by atoms with Crippen molar-refractivity contribution >= 4 is 23.2 Å². The zero-order chi connectivity index (χ0) is 13.0. The van der Waals surface area contributed by atoms with Gasteiger partial charge in [-0.25, -0.2) is 0 Å². The fraction of sp³-hybridized carbons (Fsp3) is 0.143. The molecule has 2 aromatic rings. The molecule has 0 amide bonds. The number of nitrogens with two attached hydrogens (primary N) is 1. The van der Waals surface area contributed by atoms with Gasteiger partial charge in [-0.3, -0.25) is 0 Å². The molecule has 0 radical (unpaired) electrons. The van der Waals surface area contributed by atoms with Gasteiger partial charge in [-0.15, -0.1) is 0 Å². The van der Waals surface area contributed by atoms with Gasteiger partial charge in [0, 0.05) is 5.02 Å². The molecular formula is C14H13Cl2NO. The summed E-state index contributed by atoms with van der Waals surface area (Å²) in [4.78, 5) is 0. The third kappa shape index (κ3) is 3.39. The Morgan fingerprint density at radius 1 is 1.00 bits per heavy atom. The highest BCUT2D eigenvalue weighted by Gasteiger charge is 2.08. The lowest BCUT2D eigenvalue weighted by Gasteiger charge is -2.14. The molecule has 0 aliphatic heterocycles. The number of ether oxygens (including phenoxy) is 1. The minimum absolute atomic E-state index is 0.210. The average molecular weight is 282 g/mol. The zero-order valence-corrected chi connectivity index (χ0v) is 11.2. The van der Waals surface area contributed by atoms with Crippen LogP contribution in [0.1, 0.15) is 11.6 Å². The average Bonchev–Trinajstić information content (AvgIpc) is 2.38. The largest absolute Gasteiger partial charge is 0.490 e. The highest BCUT2D eigenvalue weighted by molar-refractivity contribution is 6.32. The first-order valence-corrected chi connectivity index (χ1v) is 6.31. The number of hydrogen-bond donors (Lipinski definition) is 1. The molecule has 94 valence electrons. The van der Waals surface area contributed by atoms with Gasteiger partial charge in [-0.2, -0.15) is 0 Å². The Morgan fingerprint density at radius 2 is 1.67 bits per heavy atom. The summed E-state index contributed by atoms with van der Waals surface area (Å²) < 4.78 is 5.59. The molecule has 0 saturated carbocycles. The number of halogens is 2. The van der Waals surface area contributed by atoms with Gasteiger partial charge in [-0.1, -0.05) is 47.5 Å². The summed E-state index contributed by atoms with van der Waals surface area (Å²) in [5.74, 6) is 0.642. The Hall–Kier alpha value is -1.22. The molecule has 2 N–H and O–H groups in total. The molecule has 0 unspecified atom stereocenters. The molecule has 0 aromatic heterocycles. The van der Waals surface area contributed by atoms with E-state index in [1.165, 1.54) is 0 Å². The van der Waals surface area contributed by atoms with E-state index in [0.29, 0.717) is 22.4 Å². The van der Waals surface area contributed by atoms with Crippen LogP contribution in [0.25, 0.3) is 0 Å². The van der Waals surface area contributed by atoms with Gasteiger partial charge in [0.2, 0.25) is 0 Å². The monoisotopic (exact) mass is 281 g/mol. The molecule has 1 atom stereocenters. The van der Waals surface area contributed by atoms with Gasteiger partial charge < -0.3 is 10.5 Å². The summed E-state index contributed by atoms with van der Waals surface area (Å²) in [6, 6.07) is 14.5. The van der Waals surface area contributed by atoms with E-state index >= 15 is 0 Å². The van der Waals surface area contributed by atoms with Crippen molar-refractivity contribution < 1.29 is 4.74 Å². The zero-order valence-electron chi connectivity index (χ0n) is 9.64. The van der Waals surface area contributed by atoms with Crippen molar-refractivity contribution in [3.63, 3.8) is 0 Å². The van der Waals surface area contributed by atoms with E-state index in [2.05, 4.69) is 0 Å². The van der Waals surface area contributed by atoms with Crippen LogP contribution in [0.2, 0.25) is 10.0 Å². The maximum absolute atomic E-state index is 6.03. The Morgan fingerprint density at radius 3 is 2.33 bits per heavy atom. The molecule has 0 heterocycles. The van der Waals surface area contributed by atoms with Crippen LogP contribution in [-0.4, -0.2) is 6.61 Å². The molecule has 0 fully saturated rings. The van der Waals surface area contributed by atoms with Crippen molar-refractivity contribution in [3.8, 4) is 5.75 Å². The molecule has 4 heteroatoms. The van der Waals surface area contributed by atoms with Crippen LogP contribution >= 0.6 is 23.2 Å². The van der Waals surface area contributed by atoms with Crippen LogP contribution in [-0.2, 0) is 0 Å². The Labute approximate surface area is 116 Å². The van der Waals surface area contributed by atoms with E-state index in [1.54, 1.807) is 6.07 Å². The first-order valence-electron chi connectivity index (χ1n) is 5.55. The van der Waals surface area contributed by atoms with Gasteiger partial charge in [-0.05, 0) is 29.8 Å². The van der Waals surface area contributed by atoms with Crippen molar-refractivity contribution in [1.82, 2.24) is 0 Å². The number of benzene rings is 2. The van der Waals surface area contributed by atoms with E-state index < -0.39 is 0 Å². The van der Waals surface area contributed by atoms with Crippen LogP contribution in [0.15, 0.2) is 48.5 Å². The number of rotatable bonds is 4. The molecule has 0 saturated heterocycles. The van der Waals surface area contributed by atoms with E-state index in [-0.39, 0.29) is 6.04 Å². The van der Waals surface area contributed by atoms with Crippen LogP contribution in [0.3, 0.4) is 0 Å². The van der Waals surface area contributed by atoms with Crippen molar-refractivity contribution in [1.29, 1.82) is 0 Å². The van der Waals surface area contributed by atoms with Crippen LogP contribution in [0.5, 0.6) is 5.75 Å². The van der Waals surface area contributed by atoms with Crippen LogP contribution in [0, 0.1) is 0 Å². The molecule has 0 spiro atoms. The van der Waals surface area contributed by atoms with Gasteiger partial charge in [0.15, 0.2) is 0 Å². The Kier molecular flexibility index (Phi) is 4.48. The van der Waals surface area contributed by atoms with E-state index in [4.69, 9.17) is 33.7 Å². The Balaban J connectivity index is 1.98. The van der Waals surface area contributed by atoms with Crippen LogP contribution in [0.4, 0.5) is 0 Å². The molecular weight excluding hydrogens is 269 g/mol. The predicted molar refractivity (Wildman–Crippen MR) is 75.3 cm³/mol. The lowest BCUT2D eigenvalue weighted by molar-refractivity contribution is 0.291. The third-order valence-corrected chi connectivity index (χ3v) is 3.12. The fourth-order valence-electron chi connectivity index (χ4n) is 1.55. The summed E-state index contributed by atoms with van der Waals surface area (Å²) in [6.45, 7) is 0.366. The molecule has 0 bridgehead atoms. The van der Waals surface area contributed by atoms with Crippen molar-refractivity contribution in [2.24, 2.45) is 5.73 Å². The molecule has 18 heavy (non-hydrogen) atoms. The first-order chi connectivity index (χ1) is 8.66. The van der Waals surface area contributed by atoms with Gasteiger partial charge >= 0.3 is 0 Å². The second-order valence-electron chi connectivity index (χ2n) is 3.90. The lowest BCUT2D eigenvalue weighted by Crippen LogP contribution is -2.18. The smallest absolute Gasteiger partial charge is 0.137 e. The second kappa shape index (κ2) is 6.10. The van der Waals surface area contributed by atoms with E-state index in [0.717, 1.165) is 5.56 Å². The quantitative estimate of drug-likeness (QED) is 0.917. The lowest BCUT2D eigenvalue weighted by atomic mass is 10.1. The Bertz CT molecular complexity index is 513. The maximum atomic E-state index is 6.03. The van der Waals surface area contributed by atoms with Gasteiger partial charge in [0.05, 0.1) is 11.1 Å². The van der Waals surface area contributed by atoms with Gasteiger partial charge in [0.1, 0.15) is 12.4 Å². The molecule has 2 nitrogen and oxygen atoms in total. The normalized spacial score (nSPS) is 12.2. The van der Waals surface area contributed by atoms with Gasteiger partial charge in [0.25, 0.3) is 0 Å². The molecule has 2 aromatic carbocycles. The minimum atomic E-state index is -0.210. The topological polar surface area (TPSA) is 35.2 Å². The summed E-state index contributed by atoms with van der Waals surface area (Å²) >= 11 is 11.8. The number of hydrogen-bond acceptors (Lipinski definition) is 2. The number of para-hydroxylation sites is 1. The predicted octanol–water partition coefficient (Wildman–Crippen LogP) is 4.07. The van der Waals surface area contributed by atoms with Crippen molar-refractivity contribution in [2.45, 2.75) is 6.04 Å².